The number of carbonyl (C=O) groups is 1. The van der Waals surface area contributed by atoms with Crippen molar-refractivity contribution in [1.82, 2.24) is 5.32 Å². The summed E-state index contributed by atoms with van der Waals surface area (Å²) in [6, 6.07) is 3.45. The molecule has 0 bridgehead atoms. The Labute approximate surface area is 121 Å². The summed E-state index contributed by atoms with van der Waals surface area (Å²) < 4.78 is 0. The van der Waals surface area contributed by atoms with Gasteiger partial charge in [0, 0.05) is 24.4 Å². The van der Waals surface area contributed by atoms with Gasteiger partial charge in [0.1, 0.15) is 5.02 Å². The molecule has 1 aromatic carbocycles. The summed E-state index contributed by atoms with van der Waals surface area (Å²) >= 11 is 5.68. The summed E-state index contributed by atoms with van der Waals surface area (Å²) in [5, 5.41) is 24.6. The molecule has 0 aliphatic carbocycles. The standard InChI is InChI=1S/C12H16ClN3O4/c1-8(3-2-6-17)14-12(18)15-9-4-5-10(13)11(7-9)16(19)20/h4-5,7-8,17H,2-3,6H2,1H3,(H2,14,15,18). The third-order valence-corrected chi connectivity index (χ3v) is 2.89. The minimum atomic E-state index is -0.616. The second-order valence-electron chi connectivity index (χ2n) is 4.29. The number of hydrogen-bond acceptors (Lipinski definition) is 4. The first kappa shape index (κ1) is 16.2. The Bertz CT molecular complexity index is 496. The number of aliphatic hydroxyl groups is 1. The van der Waals surface area contributed by atoms with Crippen molar-refractivity contribution in [2.75, 3.05) is 11.9 Å². The molecule has 3 N–H and O–H groups in total. The third-order valence-electron chi connectivity index (χ3n) is 2.57. The van der Waals surface area contributed by atoms with Crippen molar-refractivity contribution in [2.24, 2.45) is 0 Å². The zero-order valence-electron chi connectivity index (χ0n) is 10.9. The quantitative estimate of drug-likeness (QED) is 0.554. The summed E-state index contributed by atoms with van der Waals surface area (Å²) in [4.78, 5) is 21.8. The maximum atomic E-state index is 11.7. The number of nitro groups is 1. The second-order valence-corrected chi connectivity index (χ2v) is 4.70. The molecule has 7 nitrogen and oxygen atoms in total. The first-order valence-electron chi connectivity index (χ1n) is 6.06. The highest BCUT2D eigenvalue weighted by Gasteiger charge is 2.14. The van der Waals surface area contributed by atoms with Crippen LogP contribution in [0.15, 0.2) is 18.2 Å². The normalized spacial score (nSPS) is 11.8. The van der Waals surface area contributed by atoms with Gasteiger partial charge in [-0.3, -0.25) is 10.1 Å². The van der Waals surface area contributed by atoms with Crippen LogP contribution >= 0.6 is 11.6 Å². The molecule has 0 aliphatic heterocycles. The lowest BCUT2D eigenvalue weighted by atomic mass is 10.2. The van der Waals surface area contributed by atoms with Crippen LogP contribution < -0.4 is 10.6 Å². The number of hydrogen-bond donors (Lipinski definition) is 3. The Morgan fingerprint density at radius 2 is 2.25 bits per heavy atom. The molecule has 0 fully saturated rings. The second kappa shape index (κ2) is 7.66. The molecule has 0 saturated heterocycles. The average Bonchev–Trinajstić information content (AvgIpc) is 2.38. The zero-order chi connectivity index (χ0) is 15.1. The highest BCUT2D eigenvalue weighted by molar-refractivity contribution is 6.32. The lowest BCUT2D eigenvalue weighted by Gasteiger charge is -2.14. The van der Waals surface area contributed by atoms with Crippen molar-refractivity contribution >= 4 is 29.0 Å². The minimum absolute atomic E-state index is 0.0114. The minimum Gasteiger partial charge on any atom is -0.396 e. The first-order valence-corrected chi connectivity index (χ1v) is 6.44. The van der Waals surface area contributed by atoms with Gasteiger partial charge >= 0.3 is 6.03 Å². The molecule has 1 rings (SSSR count). The van der Waals surface area contributed by atoms with Crippen LogP contribution in [0.1, 0.15) is 19.8 Å². The smallest absolute Gasteiger partial charge is 0.319 e. The van der Waals surface area contributed by atoms with E-state index in [9.17, 15) is 14.9 Å². The molecule has 0 spiro atoms. The Morgan fingerprint density at radius 3 is 2.85 bits per heavy atom. The number of rotatable bonds is 6. The molecule has 0 aromatic heterocycles. The highest BCUT2D eigenvalue weighted by atomic mass is 35.5. The molecule has 0 saturated carbocycles. The van der Waals surface area contributed by atoms with Gasteiger partial charge in [-0.1, -0.05) is 11.6 Å². The highest BCUT2D eigenvalue weighted by Crippen LogP contribution is 2.27. The Morgan fingerprint density at radius 1 is 1.55 bits per heavy atom. The monoisotopic (exact) mass is 301 g/mol. The van der Waals surface area contributed by atoms with E-state index in [-0.39, 0.29) is 29.0 Å². The fourth-order valence-corrected chi connectivity index (χ4v) is 1.78. The summed E-state index contributed by atoms with van der Waals surface area (Å²) in [6.07, 6.45) is 1.23. The van der Waals surface area contributed by atoms with E-state index in [2.05, 4.69) is 10.6 Å². The van der Waals surface area contributed by atoms with Crippen molar-refractivity contribution in [1.29, 1.82) is 0 Å². The van der Waals surface area contributed by atoms with Gasteiger partial charge in [-0.25, -0.2) is 4.79 Å². The Balaban J connectivity index is 2.62. The van der Waals surface area contributed by atoms with Gasteiger partial charge in [-0.15, -0.1) is 0 Å². The fourth-order valence-electron chi connectivity index (χ4n) is 1.59. The van der Waals surface area contributed by atoms with Crippen LogP contribution in [0.2, 0.25) is 5.02 Å². The number of anilines is 1. The van der Waals surface area contributed by atoms with Crippen molar-refractivity contribution in [3.05, 3.63) is 33.3 Å². The van der Waals surface area contributed by atoms with Crippen molar-refractivity contribution in [3.8, 4) is 0 Å². The largest absolute Gasteiger partial charge is 0.396 e. The SMILES string of the molecule is CC(CCCO)NC(=O)Nc1ccc(Cl)c([N+](=O)[O-])c1. The lowest BCUT2D eigenvalue weighted by Crippen LogP contribution is -2.36. The third kappa shape index (κ3) is 5.02. The van der Waals surface area contributed by atoms with Gasteiger partial charge in [-0.05, 0) is 31.9 Å². The van der Waals surface area contributed by atoms with Crippen LogP contribution in [0.5, 0.6) is 0 Å². The molecule has 20 heavy (non-hydrogen) atoms. The molecular formula is C12H16ClN3O4. The zero-order valence-corrected chi connectivity index (χ0v) is 11.7. The van der Waals surface area contributed by atoms with Crippen LogP contribution in [0, 0.1) is 10.1 Å². The van der Waals surface area contributed by atoms with Crippen LogP contribution in [-0.4, -0.2) is 28.7 Å². The number of aliphatic hydroxyl groups excluding tert-OH is 1. The maximum Gasteiger partial charge on any atom is 0.319 e. The Kier molecular flexibility index (Phi) is 6.20. The number of carbonyl (C=O) groups excluding carboxylic acids is 1. The summed E-state index contributed by atoms with van der Waals surface area (Å²) in [5.74, 6) is 0. The van der Waals surface area contributed by atoms with E-state index >= 15 is 0 Å². The predicted molar refractivity (Wildman–Crippen MR) is 76.0 cm³/mol. The summed E-state index contributed by atoms with van der Waals surface area (Å²) in [7, 11) is 0. The number of nitro benzene ring substituents is 1. The van der Waals surface area contributed by atoms with Crippen molar-refractivity contribution in [3.63, 3.8) is 0 Å². The van der Waals surface area contributed by atoms with E-state index in [0.717, 1.165) is 0 Å². The fraction of sp³-hybridized carbons (Fsp3) is 0.417. The molecule has 110 valence electrons. The maximum absolute atomic E-state index is 11.7. The number of benzene rings is 1. The molecule has 8 heteroatoms. The van der Waals surface area contributed by atoms with Gasteiger partial charge in [0.15, 0.2) is 0 Å². The number of halogens is 1. The Hall–Kier alpha value is -1.86. The number of urea groups is 1. The summed E-state index contributed by atoms with van der Waals surface area (Å²) in [6.45, 7) is 1.87. The summed E-state index contributed by atoms with van der Waals surface area (Å²) in [5.41, 5.74) is 0.0192. The first-order chi connectivity index (χ1) is 9.43. The molecule has 1 aromatic rings. The van der Waals surface area contributed by atoms with Gasteiger partial charge in [-0.2, -0.15) is 0 Å². The molecule has 0 heterocycles. The van der Waals surface area contributed by atoms with Crippen LogP contribution in [0.4, 0.5) is 16.2 Å². The van der Waals surface area contributed by atoms with Gasteiger partial charge in [0.25, 0.3) is 5.69 Å². The van der Waals surface area contributed by atoms with Crippen molar-refractivity contribution < 1.29 is 14.8 Å². The van der Waals surface area contributed by atoms with E-state index in [4.69, 9.17) is 16.7 Å². The molecule has 0 radical (unpaired) electrons. The molecule has 2 amide bonds. The van der Waals surface area contributed by atoms with Crippen LogP contribution in [-0.2, 0) is 0 Å². The van der Waals surface area contributed by atoms with Gasteiger partial charge < -0.3 is 15.7 Å². The predicted octanol–water partition coefficient (Wildman–Crippen LogP) is 2.53. The van der Waals surface area contributed by atoms with E-state index < -0.39 is 11.0 Å². The average molecular weight is 302 g/mol. The van der Waals surface area contributed by atoms with E-state index in [1.54, 1.807) is 6.92 Å². The molecular weight excluding hydrogens is 286 g/mol. The molecule has 1 unspecified atom stereocenters. The van der Waals surface area contributed by atoms with E-state index in [1.165, 1.54) is 18.2 Å². The van der Waals surface area contributed by atoms with E-state index in [0.29, 0.717) is 12.8 Å². The van der Waals surface area contributed by atoms with E-state index in [1.807, 2.05) is 0 Å². The van der Waals surface area contributed by atoms with Crippen molar-refractivity contribution in [2.45, 2.75) is 25.8 Å². The van der Waals surface area contributed by atoms with Crippen LogP contribution in [0.3, 0.4) is 0 Å². The van der Waals surface area contributed by atoms with Gasteiger partial charge in [0.2, 0.25) is 0 Å². The van der Waals surface area contributed by atoms with Crippen LogP contribution in [0.25, 0.3) is 0 Å². The number of amides is 2. The topological polar surface area (TPSA) is 104 Å². The molecule has 0 aliphatic rings. The molecule has 1 atom stereocenters. The number of nitrogens with zero attached hydrogens (tertiary/aromatic N) is 1. The van der Waals surface area contributed by atoms with Gasteiger partial charge in [0.05, 0.1) is 4.92 Å². The lowest BCUT2D eigenvalue weighted by molar-refractivity contribution is -0.384. The number of nitrogens with one attached hydrogen (secondary N) is 2.